The van der Waals surface area contributed by atoms with Crippen molar-refractivity contribution in [1.82, 2.24) is 4.90 Å². The molecular formula is C30H27N3O5. The topological polar surface area (TPSA) is 84.0 Å². The number of rotatable bonds is 7. The molecule has 8 nitrogen and oxygen atoms in total. The van der Waals surface area contributed by atoms with Crippen LogP contribution in [0.1, 0.15) is 52.0 Å². The Labute approximate surface area is 220 Å². The lowest BCUT2D eigenvalue weighted by Crippen LogP contribution is -2.45. The molecule has 3 aromatic carbocycles. The Hall–Kier alpha value is -4.17. The molecule has 2 amide bonds. The van der Waals surface area contributed by atoms with Gasteiger partial charge in [0.05, 0.1) is 30.0 Å². The molecule has 3 aromatic rings. The van der Waals surface area contributed by atoms with Crippen LogP contribution in [0.3, 0.4) is 0 Å². The number of amides is 2. The SMILES string of the molecule is COc1ccc(N2C(CCN3C(=O)c4cccc(OC5CCC5)c4C3=O)=Nc3ccccc3C23CO3)cc1. The number of para-hydroxylation sites is 1. The first-order valence-electron chi connectivity index (χ1n) is 13.0. The number of anilines is 1. The molecule has 1 unspecified atom stereocenters. The Morgan fingerprint density at radius 1 is 1.00 bits per heavy atom. The molecule has 0 aromatic heterocycles. The summed E-state index contributed by atoms with van der Waals surface area (Å²) < 4.78 is 17.5. The summed E-state index contributed by atoms with van der Waals surface area (Å²) in [6.45, 7) is 0.711. The van der Waals surface area contributed by atoms with Crippen LogP contribution in [0.25, 0.3) is 0 Å². The van der Waals surface area contributed by atoms with Gasteiger partial charge >= 0.3 is 0 Å². The molecule has 1 aliphatic carbocycles. The number of fused-ring (bicyclic) bond motifs is 3. The smallest absolute Gasteiger partial charge is 0.265 e. The summed E-state index contributed by atoms with van der Waals surface area (Å²) >= 11 is 0. The summed E-state index contributed by atoms with van der Waals surface area (Å²) in [6, 6.07) is 20.9. The molecule has 38 heavy (non-hydrogen) atoms. The predicted molar refractivity (Wildman–Crippen MR) is 141 cm³/mol. The monoisotopic (exact) mass is 509 g/mol. The van der Waals surface area contributed by atoms with E-state index in [2.05, 4.69) is 4.90 Å². The quantitative estimate of drug-likeness (QED) is 0.328. The number of nitrogens with zero attached hydrogens (tertiary/aromatic N) is 3. The molecule has 1 spiro atoms. The fourth-order valence-electron chi connectivity index (χ4n) is 5.51. The van der Waals surface area contributed by atoms with Gasteiger partial charge in [-0.25, -0.2) is 4.99 Å². The van der Waals surface area contributed by atoms with Crippen LogP contribution in [-0.4, -0.2) is 48.9 Å². The maximum absolute atomic E-state index is 13.5. The van der Waals surface area contributed by atoms with E-state index in [4.69, 9.17) is 19.2 Å². The Morgan fingerprint density at radius 3 is 2.50 bits per heavy atom. The van der Waals surface area contributed by atoms with Crippen molar-refractivity contribution >= 4 is 29.0 Å². The summed E-state index contributed by atoms with van der Waals surface area (Å²) in [5.74, 6) is 1.37. The lowest BCUT2D eigenvalue weighted by molar-refractivity contribution is 0.0654. The zero-order chi connectivity index (χ0) is 25.9. The summed E-state index contributed by atoms with van der Waals surface area (Å²) in [7, 11) is 1.63. The summed E-state index contributed by atoms with van der Waals surface area (Å²) in [5.41, 5.74) is 2.84. The second-order valence-corrected chi connectivity index (χ2v) is 10.0. The highest BCUT2D eigenvalue weighted by Gasteiger charge is 2.57. The fraction of sp³-hybridized carbons (Fsp3) is 0.300. The van der Waals surface area contributed by atoms with E-state index in [0.717, 1.165) is 47.8 Å². The average Bonchev–Trinajstić information content (AvgIpc) is 3.66. The minimum Gasteiger partial charge on any atom is -0.497 e. The minimum atomic E-state index is -0.659. The van der Waals surface area contributed by atoms with Crippen molar-refractivity contribution in [1.29, 1.82) is 0 Å². The second-order valence-electron chi connectivity index (χ2n) is 10.0. The lowest BCUT2D eigenvalue weighted by Gasteiger charge is -2.37. The van der Waals surface area contributed by atoms with Crippen LogP contribution in [0, 0.1) is 0 Å². The third-order valence-corrected chi connectivity index (χ3v) is 7.81. The number of carbonyl (C=O) groups excluding carboxylic acids is 2. The highest BCUT2D eigenvalue weighted by Crippen LogP contribution is 2.51. The third-order valence-electron chi connectivity index (χ3n) is 7.81. The molecule has 3 aliphatic heterocycles. The van der Waals surface area contributed by atoms with Crippen molar-refractivity contribution in [2.75, 3.05) is 25.2 Å². The molecule has 0 bridgehead atoms. The summed E-state index contributed by atoms with van der Waals surface area (Å²) in [6.07, 6.45) is 3.56. The third kappa shape index (κ3) is 3.51. The Balaban J connectivity index is 1.20. The van der Waals surface area contributed by atoms with Crippen molar-refractivity contribution in [2.45, 2.75) is 37.5 Å². The molecule has 192 valence electrons. The van der Waals surface area contributed by atoms with Crippen molar-refractivity contribution in [2.24, 2.45) is 4.99 Å². The number of epoxide rings is 1. The maximum atomic E-state index is 13.5. The molecule has 8 heteroatoms. The maximum Gasteiger partial charge on any atom is 0.265 e. The van der Waals surface area contributed by atoms with E-state index in [-0.39, 0.29) is 24.5 Å². The number of benzene rings is 3. The van der Waals surface area contributed by atoms with E-state index < -0.39 is 5.72 Å². The van der Waals surface area contributed by atoms with E-state index in [9.17, 15) is 9.59 Å². The zero-order valence-corrected chi connectivity index (χ0v) is 21.1. The zero-order valence-electron chi connectivity index (χ0n) is 21.1. The highest BCUT2D eigenvalue weighted by molar-refractivity contribution is 6.22. The molecule has 7 rings (SSSR count). The number of carbonyl (C=O) groups is 2. The minimum absolute atomic E-state index is 0.114. The van der Waals surface area contributed by atoms with Crippen LogP contribution >= 0.6 is 0 Å². The predicted octanol–water partition coefficient (Wildman–Crippen LogP) is 5.05. The summed E-state index contributed by atoms with van der Waals surface area (Å²) in [4.78, 5) is 35.2. The van der Waals surface area contributed by atoms with Crippen molar-refractivity contribution in [3.8, 4) is 11.5 Å². The van der Waals surface area contributed by atoms with Crippen molar-refractivity contribution in [3.05, 3.63) is 83.4 Å². The normalized spacial score (nSPS) is 21.7. The van der Waals surface area contributed by atoms with Gasteiger partial charge in [-0.2, -0.15) is 0 Å². The van der Waals surface area contributed by atoms with Gasteiger partial charge in [0, 0.05) is 24.2 Å². The molecular weight excluding hydrogens is 482 g/mol. The average molecular weight is 510 g/mol. The number of aliphatic imine (C=N–C) groups is 1. The number of amidine groups is 1. The van der Waals surface area contributed by atoms with Gasteiger partial charge in [-0.05, 0) is 61.7 Å². The Morgan fingerprint density at radius 2 is 1.79 bits per heavy atom. The fourth-order valence-corrected chi connectivity index (χ4v) is 5.51. The van der Waals surface area contributed by atoms with Crippen molar-refractivity contribution < 1.29 is 23.8 Å². The lowest BCUT2D eigenvalue weighted by atomic mass is 9.96. The van der Waals surface area contributed by atoms with Gasteiger partial charge in [-0.3, -0.25) is 19.4 Å². The number of imide groups is 1. The van der Waals surface area contributed by atoms with Gasteiger partial charge < -0.3 is 14.2 Å². The molecule has 1 saturated heterocycles. The van der Waals surface area contributed by atoms with Gasteiger partial charge in [-0.15, -0.1) is 0 Å². The van der Waals surface area contributed by atoms with Gasteiger partial charge in [0.1, 0.15) is 23.9 Å². The number of ether oxygens (including phenoxy) is 3. The second kappa shape index (κ2) is 8.70. The number of hydrogen-bond donors (Lipinski definition) is 0. The van der Waals surface area contributed by atoms with E-state index >= 15 is 0 Å². The first-order chi connectivity index (χ1) is 18.6. The van der Waals surface area contributed by atoms with Gasteiger partial charge in [0.2, 0.25) is 0 Å². The van der Waals surface area contributed by atoms with E-state index in [1.807, 2.05) is 48.5 Å². The summed E-state index contributed by atoms with van der Waals surface area (Å²) in [5, 5.41) is 0. The van der Waals surface area contributed by atoms with Crippen LogP contribution in [0.4, 0.5) is 11.4 Å². The first kappa shape index (κ1) is 23.0. The van der Waals surface area contributed by atoms with Crippen LogP contribution < -0.4 is 14.4 Å². The molecule has 0 N–H and O–H groups in total. The van der Waals surface area contributed by atoms with E-state index in [1.165, 1.54) is 4.90 Å². The van der Waals surface area contributed by atoms with E-state index in [0.29, 0.717) is 29.9 Å². The molecule has 3 heterocycles. The van der Waals surface area contributed by atoms with Gasteiger partial charge in [0.15, 0.2) is 5.72 Å². The van der Waals surface area contributed by atoms with Crippen LogP contribution in [0.2, 0.25) is 0 Å². The number of methoxy groups -OCH3 is 1. The van der Waals surface area contributed by atoms with E-state index in [1.54, 1.807) is 25.3 Å². The first-order valence-corrected chi connectivity index (χ1v) is 13.0. The standard InChI is InChI=1S/C30H27N3O5/c1-36-20-14-12-19(13-15-20)33-26(31-24-10-3-2-9-23(24)30(33)18-37-30)16-17-32-28(34)22-8-5-11-25(27(22)29(32)35)38-21-6-4-7-21/h2-3,5,8-15,21H,4,6-7,16-18H2,1H3. The van der Waals surface area contributed by atoms with Gasteiger partial charge in [-0.1, -0.05) is 24.3 Å². The Kier molecular flexibility index (Phi) is 5.26. The van der Waals surface area contributed by atoms with Gasteiger partial charge in [0.25, 0.3) is 11.8 Å². The molecule has 2 fully saturated rings. The van der Waals surface area contributed by atoms with Crippen molar-refractivity contribution in [3.63, 3.8) is 0 Å². The molecule has 1 saturated carbocycles. The number of hydrogen-bond acceptors (Lipinski definition) is 7. The van der Waals surface area contributed by atoms with Crippen LogP contribution in [-0.2, 0) is 10.5 Å². The molecule has 1 atom stereocenters. The Bertz CT molecular complexity index is 1470. The highest BCUT2D eigenvalue weighted by atomic mass is 16.6. The molecule has 0 radical (unpaired) electrons. The largest absolute Gasteiger partial charge is 0.497 e. The molecule has 4 aliphatic rings. The van der Waals surface area contributed by atoms with Crippen LogP contribution in [0.15, 0.2) is 71.7 Å². The van der Waals surface area contributed by atoms with Crippen LogP contribution in [0.5, 0.6) is 11.5 Å².